The summed E-state index contributed by atoms with van der Waals surface area (Å²) in [6, 6.07) is 46.2. The topological polar surface area (TPSA) is 20.5 Å². The lowest BCUT2D eigenvalue weighted by molar-refractivity contribution is 0.402. The zero-order valence-corrected chi connectivity index (χ0v) is 22.3. The van der Waals surface area contributed by atoms with E-state index in [0.717, 1.165) is 61.5 Å². The highest BCUT2D eigenvalue weighted by atomic mass is 16.5. The third-order valence-corrected chi connectivity index (χ3v) is 7.76. The highest BCUT2D eigenvalue weighted by Gasteiger charge is 2.22. The van der Waals surface area contributed by atoms with Gasteiger partial charge in [-0.25, -0.2) is 4.42 Å². The van der Waals surface area contributed by atoms with Crippen LogP contribution in [0.15, 0.2) is 156 Å². The molecule has 0 radical (unpaired) electrons. The summed E-state index contributed by atoms with van der Waals surface area (Å²) in [6.45, 7) is 0. The molecule has 6 aromatic carbocycles. The van der Waals surface area contributed by atoms with Crippen LogP contribution in [0, 0.1) is 0 Å². The van der Waals surface area contributed by atoms with Crippen LogP contribution in [-0.2, 0) is 4.74 Å². The monoisotopic (exact) mass is 525 g/mol. The average molecular weight is 526 g/mol. The third kappa shape index (κ3) is 4.18. The van der Waals surface area contributed by atoms with Gasteiger partial charge in [-0.2, -0.15) is 0 Å². The zero-order chi connectivity index (χ0) is 27.2. The first-order valence-electron chi connectivity index (χ1n) is 13.8. The highest BCUT2D eigenvalue weighted by Crippen LogP contribution is 2.40. The first-order valence-corrected chi connectivity index (χ1v) is 13.8. The minimum Gasteiger partial charge on any atom is -0.457 e. The molecule has 0 fully saturated rings. The lowest BCUT2D eigenvalue weighted by Crippen LogP contribution is -1.99. The van der Waals surface area contributed by atoms with Gasteiger partial charge < -0.3 is 4.74 Å². The van der Waals surface area contributed by atoms with Crippen LogP contribution in [0.4, 0.5) is 0 Å². The molecule has 0 saturated heterocycles. The first-order chi connectivity index (χ1) is 20.3. The molecule has 192 valence electrons. The van der Waals surface area contributed by atoms with E-state index in [2.05, 4.69) is 109 Å². The molecule has 1 aliphatic rings. The van der Waals surface area contributed by atoms with Crippen molar-refractivity contribution in [1.82, 2.24) is 0 Å². The molecule has 0 aliphatic carbocycles. The molecule has 0 bridgehead atoms. The highest BCUT2D eigenvalue weighted by molar-refractivity contribution is 6.24. The van der Waals surface area contributed by atoms with Crippen LogP contribution in [0.1, 0.15) is 16.7 Å². The fourth-order valence-corrected chi connectivity index (χ4v) is 5.85. The predicted octanol–water partition coefficient (Wildman–Crippen LogP) is 10.6. The number of benzene rings is 6. The maximum absolute atomic E-state index is 6.56. The van der Waals surface area contributed by atoms with Crippen molar-refractivity contribution in [2.75, 3.05) is 0 Å². The number of allylic oxidation sites excluding steroid dienone is 3. The predicted molar refractivity (Wildman–Crippen MR) is 170 cm³/mol. The fourth-order valence-electron chi connectivity index (χ4n) is 5.85. The second-order valence-electron chi connectivity index (χ2n) is 10.4. The molecular weight excluding hydrogens is 500 g/mol. The van der Waals surface area contributed by atoms with Crippen LogP contribution in [0.2, 0.25) is 0 Å². The molecule has 0 atom stereocenters. The Kier molecular flexibility index (Phi) is 5.49. The van der Waals surface area contributed by atoms with E-state index in [-0.39, 0.29) is 0 Å². The molecule has 8 rings (SSSR count). The van der Waals surface area contributed by atoms with Crippen molar-refractivity contribution in [2.45, 2.75) is 0 Å². The third-order valence-electron chi connectivity index (χ3n) is 7.76. The Morgan fingerprint density at radius 3 is 2.00 bits per heavy atom. The summed E-state index contributed by atoms with van der Waals surface area (Å²) >= 11 is 0. The minimum atomic E-state index is 0.799. The number of ether oxygens (including phenoxy) is 1. The molecule has 41 heavy (non-hydrogen) atoms. The van der Waals surface area contributed by atoms with Gasteiger partial charge in [-0.3, -0.25) is 0 Å². The van der Waals surface area contributed by atoms with Crippen molar-refractivity contribution in [3.05, 3.63) is 168 Å². The summed E-state index contributed by atoms with van der Waals surface area (Å²) in [6.07, 6.45) is 6.43. The van der Waals surface area contributed by atoms with E-state index in [0.29, 0.717) is 0 Å². The van der Waals surface area contributed by atoms with Crippen LogP contribution < -0.4 is 0 Å². The van der Waals surface area contributed by atoms with E-state index in [1.807, 2.05) is 42.5 Å². The van der Waals surface area contributed by atoms with Gasteiger partial charge in [0.2, 0.25) is 0 Å². The van der Waals surface area contributed by atoms with Crippen molar-refractivity contribution in [3.63, 3.8) is 0 Å². The van der Waals surface area contributed by atoms with Gasteiger partial charge in [0.25, 0.3) is 0 Å². The zero-order valence-electron chi connectivity index (χ0n) is 22.3. The summed E-state index contributed by atoms with van der Waals surface area (Å²) in [5.74, 6) is 2.48. The van der Waals surface area contributed by atoms with Gasteiger partial charge in [-0.15, -0.1) is 0 Å². The Balaban J connectivity index is 1.35. The Labute approximate surface area is 238 Å². The molecule has 0 spiro atoms. The second-order valence-corrected chi connectivity index (χ2v) is 10.4. The van der Waals surface area contributed by atoms with Gasteiger partial charge in [0.15, 0.2) is 0 Å². The average Bonchev–Trinajstić information content (AvgIpc) is 3.05. The Morgan fingerprint density at radius 2 is 1.24 bits per heavy atom. The van der Waals surface area contributed by atoms with E-state index in [9.17, 15) is 0 Å². The van der Waals surface area contributed by atoms with Crippen molar-refractivity contribution in [3.8, 4) is 11.3 Å². The number of hydrogen-bond acceptors (Lipinski definition) is 1. The van der Waals surface area contributed by atoms with Crippen LogP contribution in [0.5, 0.6) is 0 Å². The molecule has 0 N–H and O–H groups in total. The van der Waals surface area contributed by atoms with Crippen molar-refractivity contribution in [2.24, 2.45) is 0 Å². The minimum absolute atomic E-state index is 0.799. The van der Waals surface area contributed by atoms with Crippen LogP contribution in [-0.4, -0.2) is 0 Å². The Bertz CT molecular complexity index is 2140. The summed E-state index contributed by atoms with van der Waals surface area (Å²) < 4.78 is 13.0. The van der Waals surface area contributed by atoms with Crippen molar-refractivity contribution in [1.29, 1.82) is 0 Å². The summed E-state index contributed by atoms with van der Waals surface area (Å²) in [5.41, 5.74) is 6.36. The fraction of sp³-hybridized carbons (Fsp3) is 0. The largest absolute Gasteiger partial charge is 0.457 e. The quantitative estimate of drug-likeness (QED) is 0.168. The smallest absolute Gasteiger partial charge is 0.362 e. The molecule has 1 aromatic heterocycles. The molecule has 2 nitrogen and oxygen atoms in total. The van der Waals surface area contributed by atoms with Gasteiger partial charge in [0.05, 0.1) is 17.0 Å². The molecule has 0 amide bonds. The lowest BCUT2D eigenvalue weighted by Gasteiger charge is -2.19. The van der Waals surface area contributed by atoms with Crippen LogP contribution >= 0.6 is 0 Å². The first kappa shape index (κ1) is 23.4. The van der Waals surface area contributed by atoms with Crippen molar-refractivity contribution < 1.29 is 9.15 Å². The lowest BCUT2D eigenvalue weighted by atomic mass is 9.92. The Hall–Kier alpha value is -5.47. The van der Waals surface area contributed by atoms with E-state index < -0.39 is 0 Å². The summed E-state index contributed by atoms with van der Waals surface area (Å²) in [7, 11) is 0. The standard InChI is InChI=1S/C39H25O2/c1-4-11-26(12-5-1)30-22-33(40-36(24-30)27-13-6-2-7-14-27)23-31-21-32-25-37(28-15-8-3-9-16-28)41-35-20-19-29-17-10-18-34(31)38(29)39(32)35/h1-25H/q+1. The molecule has 2 heteroatoms. The normalized spacial score (nSPS) is 14.4. The van der Waals surface area contributed by atoms with Gasteiger partial charge in [0, 0.05) is 22.4 Å². The number of rotatable bonds is 4. The van der Waals surface area contributed by atoms with Gasteiger partial charge in [-0.05, 0) is 70.0 Å². The molecular formula is C39H25O2+. The van der Waals surface area contributed by atoms with E-state index in [1.54, 1.807) is 0 Å². The van der Waals surface area contributed by atoms with E-state index in [1.165, 1.54) is 16.2 Å². The second kappa shape index (κ2) is 9.62. The SMILES string of the molecule is C1=C(c2ccccc2)C=C(c2ccccc2)O/C1=C/c1cc2cc(-c3ccccc3)[o+]c3ccc4cccc1c4c23. The molecule has 0 unspecified atom stereocenters. The van der Waals surface area contributed by atoms with E-state index >= 15 is 0 Å². The molecule has 2 heterocycles. The summed E-state index contributed by atoms with van der Waals surface area (Å²) in [4.78, 5) is 0. The maximum atomic E-state index is 6.56. The molecule has 0 saturated carbocycles. The van der Waals surface area contributed by atoms with Crippen molar-refractivity contribution >= 4 is 49.9 Å². The van der Waals surface area contributed by atoms with E-state index in [4.69, 9.17) is 9.15 Å². The Morgan fingerprint density at radius 1 is 0.537 bits per heavy atom. The molecule has 7 aromatic rings. The van der Waals surface area contributed by atoms with Crippen LogP contribution in [0.3, 0.4) is 0 Å². The summed E-state index contributed by atoms with van der Waals surface area (Å²) in [5, 5.41) is 5.86. The maximum Gasteiger partial charge on any atom is 0.362 e. The van der Waals surface area contributed by atoms with Gasteiger partial charge in [-0.1, -0.05) is 97.1 Å². The van der Waals surface area contributed by atoms with Crippen LogP contribution in [0.25, 0.3) is 61.2 Å². The van der Waals surface area contributed by atoms with Gasteiger partial charge in [0.1, 0.15) is 11.5 Å². The molecule has 1 aliphatic heterocycles. The number of hydrogen-bond donors (Lipinski definition) is 0. The van der Waals surface area contributed by atoms with Gasteiger partial charge >= 0.3 is 11.3 Å².